The van der Waals surface area contributed by atoms with E-state index in [1.54, 1.807) is 0 Å². The molecule has 2 heterocycles. The fourth-order valence-electron chi connectivity index (χ4n) is 4.29. The second kappa shape index (κ2) is 10.1. The van der Waals surface area contributed by atoms with Crippen molar-refractivity contribution in [2.75, 3.05) is 43.4 Å². The second-order valence-corrected chi connectivity index (χ2v) is 8.93. The molecule has 1 fully saturated rings. The zero-order valence-corrected chi connectivity index (χ0v) is 19.5. The minimum absolute atomic E-state index is 0.0432. The molecule has 5 nitrogen and oxygen atoms in total. The number of carbonyl (C=O) groups excluding carboxylic acids is 1. The number of carbonyl (C=O) groups is 1. The summed E-state index contributed by atoms with van der Waals surface area (Å²) in [7, 11) is 2.16. The van der Waals surface area contributed by atoms with Crippen molar-refractivity contribution in [1.29, 1.82) is 0 Å². The number of fused-ring (bicyclic) bond motifs is 1. The Labute approximate surface area is 191 Å². The van der Waals surface area contributed by atoms with Gasteiger partial charge in [0.25, 0.3) is 0 Å². The van der Waals surface area contributed by atoms with Crippen molar-refractivity contribution in [3.63, 3.8) is 0 Å². The van der Waals surface area contributed by atoms with Gasteiger partial charge in [0.2, 0.25) is 5.91 Å². The van der Waals surface area contributed by atoms with Gasteiger partial charge in [-0.2, -0.15) is 0 Å². The molecule has 1 saturated heterocycles. The normalized spacial score (nSPS) is 14.7. The van der Waals surface area contributed by atoms with Crippen LogP contribution in [0.1, 0.15) is 36.5 Å². The SMILES string of the molecule is CCCc1ccc(CCC(=O)Nc2ccc3nc(N4CCN(C)CC4)cc(C)c3c2)cc1. The lowest BCUT2D eigenvalue weighted by Crippen LogP contribution is -2.44. The standard InChI is InChI=1S/C27H34N4O/c1-4-5-21-6-8-22(9-7-21)10-13-27(32)28-23-11-12-25-24(19-23)20(2)18-26(29-25)31-16-14-30(3)15-17-31/h6-9,11-12,18-19H,4-5,10,13-17H2,1-3H3,(H,28,32). The largest absolute Gasteiger partial charge is 0.354 e. The number of nitrogens with one attached hydrogen (secondary N) is 1. The summed E-state index contributed by atoms with van der Waals surface area (Å²) >= 11 is 0. The third-order valence-electron chi connectivity index (χ3n) is 6.32. The Hall–Kier alpha value is -2.92. The number of amides is 1. The number of hydrogen-bond acceptors (Lipinski definition) is 4. The molecule has 0 spiro atoms. The maximum Gasteiger partial charge on any atom is 0.224 e. The number of aryl methyl sites for hydroxylation is 3. The smallest absolute Gasteiger partial charge is 0.224 e. The van der Waals surface area contributed by atoms with Crippen LogP contribution in [0.4, 0.5) is 11.5 Å². The minimum Gasteiger partial charge on any atom is -0.354 e. The molecule has 168 valence electrons. The maximum atomic E-state index is 12.5. The van der Waals surface area contributed by atoms with E-state index < -0.39 is 0 Å². The Morgan fingerprint density at radius 2 is 1.66 bits per heavy atom. The summed E-state index contributed by atoms with van der Waals surface area (Å²) in [6.45, 7) is 8.44. The van der Waals surface area contributed by atoms with Gasteiger partial charge in [-0.3, -0.25) is 4.79 Å². The zero-order valence-electron chi connectivity index (χ0n) is 19.5. The van der Waals surface area contributed by atoms with E-state index in [2.05, 4.69) is 66.3 Å². The van der Waals surface area contributed by atoms with Crippen molar-refractivity contribution >= 4 is 28.3 Å². The highest BCUT2D eigenvalue weighted by atomic mass is 16.1. The maximum absolute atomic E-state index is 12.5. The highest BCUT2D eigenvalue weighted by Crippen LogP contribution is 2.26. The third-order valence-corrected chi connectivity index (χ3v) is 6.32. The molecule has 1 aliphatic rings. The fourth-order valence-corrected chi connectivity index (χ4v) is 4.29. The number of benzene rings is 2. The van der Waals surface area contributed by atoms with Gasteiger partial charge < -0.3 is 15.1 Å². The molecule has 1 N–H and O–H groups in total. The Morgan fingerprint density at radius 3 is 2.34 bits per heavy atom. The van der Waals surface area contributed by atoms with Crippen LogP contribution in [-0.4, -0.2) is 49.0 Å². The topological polar surface area (TPSA) is 48.5 Å². The number of nitrogens with zero attached hydrogens (tertiary/aromatic N) is 3. The van der Waals surface area contributed by atoms with Crippen LogP contribution >= 0.6 is 0 Å². The van der Waals surface area contributed by atoms with Crippen molar-refractivity contribution in [3.8, 4) is 0 Å². The molecule has 0 unspecified atom stereocenters. The summed E-state index contributed by atoms with van der Waals surface area (Å²) in [4.78, 5) is 22.1. The van der Waals surface area contributed by atoms with Gasteiger partial charge in [-0.25, -0.2) is 4.98 Å². The van der Waals surface area contributed by atoms with E-state index in [0.717, 1.165) is 67.8 Å². The van der Waals surface area contributed by atoms with Gasteiger partial charge in [-0.05, 0) is 67.8 Å². The summed E-state index contributed by atoms with van der Waals surface area (Å²) in [6, 6.07) is 16.8. The molecule has 1 aromatic heterocycles. The first-order chi connectivity index (χ1) is 15.5. The molecule has 5 heteroatoms. The first-order valence-corrected chi connectivity index (χ1v) is 11.7. The first kappa shape index (κ1) is 22.3. The van der Waals surface area contributed by atoms with Gasteiger partial charge in [0.15, 0.2) is 0 Å². The fraction of sp³-hybridized carbons (Fsp3) is 0.407. The lowest BCUT2D eigenvalue weighted by molar-refractivity contribution is -0.116. The van der Waals surface area contributed by atoms with Gasteiger partial charge in [-0.15, -0.1) is 0 Å². The summed E-state index contributed by atoms with van der Waals surface area (Å²) < 4.78 is 0. The van der Waals surface area contributed by atoms with Crippen LogP contribution in [0.25, 0.3) is 10.9 Å². The first-order valence-electron chi connectivity index (χ1n) is 11.7. The van der Waals surface area contributed by atoms with E-state index in [4.69, 9.17) is 4.98 Å². The summed E-state index contributed by atoms with van der Waals surface area (Å²) in [6.07, 6.45) is 3.49. The van der Waals surface area contributed by atoms with E-state index in [1.807, 2.05) is 18.2 Å². The van der Waals surface area contributed by atoms with Gasteiger partial charge in [0, 0.05) is 43.7 Å². The second-order valence-electron chi connectivity index (χ2n) is 8.93. The number of anilines is 2. The minimum atomic E-state index is 0.0432. The van der Waals surface area contributed by atoms with Gasteiger partial charge in [-0.1, -0.05) is 37.6 Å². The molecule has 4 rings (SSSR count). The third kappa shape index (κ3) is 5.46. The number of rotatable bonds is 7. The highest BCUT2D eigenvalue weighted by Gasteiger charge is 2.16. The molecule has 0 saturated carbocycles. The highest BCUT2D eigenvalue weighted by molar-refractivity contribution is 5.94. The van der Waals surface area contributed by atoms with E-state index in [9.17, 15) is 4.79 Å². The lowest BCUT2D eigenvalue weighted by atomic mass is 10.0. The molecule has 0 radical (unpaired) electrons. The Balaban J connectivity index is 1.39. The number of aromatic nitrogens is 1. The average molecular weight is 431 g/mol. The van der Waals surface area contributed by atoms with E-state index in [-0.39, 0.29) is 5.91 Å². The monoisotopic (exact) mass is 430 g/mol. The van der Waals surface area contributed by atoms with E-state index in [0.29, 0.717) is 6.42 Å². The lowest BCUT2D eigenvalue weighted by Gasteiger charge is -2.33. The van der Waals surface area contributed by atoms with Crippen LogP contribution in [-0.2, 0) is 17.6 Å². The van der Waals surface area contributed by atoms with Crippen molar-refractivity contribution in [3.05, 3.63) is 65.2 Å². The van der Waals surface area contributed by atoms with Crippen molar-refractivity contribution < 1.29 is 4.79 Å². The molecular formula is C27H34N4O. The van der Waals surface area contributed by atoms with E-state index in [1.165, 1.54) is 16.7 Å². The molecule has 3 aromatic rings. The number of hydrogen-bond donors (Lipinski definition) is 1. The molecule has 1 aliphatic heterocycles. The number of likely N-dealkylation sites (N-methyl/N-ethyl adjacent to an activating group) is 1. The van der Waals surface area contributed by atoms with E-state index >= 15 is 0 Å². The Bertz CT molecular complexity index is 1070. The molecule has 1 amide bonds. The Kier molecular flexibility index (Phi) is 7.05. The van der Waals surface area contributed by atoms with Gasteiger partial charge >= 0.3 is 0 Å². The predicted octanol–water partition coefficient (Wildman–Crippen LogP) is 4.82. The predicted molar refractivity (Wildman–Crippen MR) is 134 cm³/mol. The number of piperazine rings is 1. The van der Waals surface area contributed by atoms with Crippen molar-refractivity contribution in [2.45, 2.75) is 39.5 Å². The average Bonchev–Trinajstić information content (AvgIpc) is 2.79. The van der Waals surface area contributed by atoms with Crippen LogP contribution in [0, 0.1) is 6.92 Å². The quantitative estimate of drug-likeness (QED) is 0.584. The molecule has 0 atom stereocenters. The van der Waals surface area contributed by atoms with Crippen LogP contribution in [0.15, 0.2) is 48.5 Å². The molecule has 0 bridgehead atoms. The molecule has 2 aromatic carbocycles. The summed E-state index contributed by atoms with van der Waals surface area (Å²) in [5.74, 6) is 1.09. The molecule has 32 heavy (non-hydrogen) atoms. The van der Waals surface area contributed by atoms with Gasteiger partial charge in [0.05, 0.1) is 5.52 Å². The Morgan fingerprint density at radius 1 is 0.969 bits per heavy atom. The zero-order chi connectivity index (χ0) is 22.5. The van der Waals surface area contributed by atoms with Crippen LogP contribution < -0.4 is 10.2 Å². The van der Waals surface area contributed by atoms with Crippen LogP contribution in [0.3, 0.4) is 0 Å². The van der Waals surface area contributed by atoms with Crippen LogP contribution in [0.2, 0.25) is 0 Å². The molecule has 0 aliphatic carbocycles. The summed E-state index contributed by atoms with van der Waals surface area (Å²) in [5.41, 5.74) is 5.56. The van der Waals surface area contributed by atoms with Crippen molar-refractivity contribution in [1.82, 2.24) is 9.88 Å². The van der Waals surface area contributed by atoms with Crippen LogP contribution in [0.5, 0.6) is 0 Å². The van der Waals surface area contributed by atoms with Gasteiger partial charge in [0.1, 0.15) is 5.82 Å². The molecular weight excluding hydrogens is 396 g/mol. The number of pyridine rings is 1. The summed E-state index contributed by atoms with van der Waals surface area (Å²) in [5, 5.41) is 4.15. The van der Waals surface area contributed by atoms with Crippen molar-refractivity contribution in [2.24, 2.45) is 0 Å².